The number of likely N-dealkylation sites (N-methyl/N-ethyl adjacent to an activating group) is 1. The molecule has 2 rings (SSSR count). The summed E-state index contributed by atoms with van der Waals surface area (Å²) in [5.74, 6) is -0.600. The van der Waals surface area contributed by atoms with E-state index in [9.17, 15) is 14.5 Å². The molecule has 6 nitrogen and oxygen atoms in total. The van der Waals surface area contributed by atoms with Crippen molar-refractivity contribution < 1.29 is 9.31 Å². The van der Waals surface area contributed by atoms with Gasteiger partial charge in [-0.3, -0.25) is 10.1 Å². The van der Waals surface area contributed by atoms with Gasteiger partial charge in [-0.05, 0) is 39.4 Å². The van der Waals surface area contributed by atoms with Gasteiger partial charge in [-0.2, -0.15) is 0 Å². The maximum atomic E-state index is 13.2. The van der Waals surface area contributed by atoms with E-state index >= 15 is 0 Å². The molecule has 0 spiro atoms. The molecule has 0 aromatic heterocycles. The first-order chi connectivity index (χ1) is 10.8. The van der Waals surface area contributed by atoms with E-state index < -0.39 is 10.7 Å². The van der Waals surface area contributed by atoms with Crippen molar-refractivity contribution >= 4 is 11.4 Å². The summed E-state index contributed by atoms with van der Waals surface area (Å²) in [7, 11) is 2.12. The van der Waals surface area contributed by atoms with Crippen molar-refractivity contribution in [3.8, 4) is 0 Å². The van der Waals surface area contributed by atoms with Gasteiger partial charge >= 0.3 is 0 Å². The number of nitrogens with zero attached hydrogens (tertiary/aromatic N) is 3. The van der Waals surface area contributed by atoms with Gasteiger partial charge in [-0.15, -0.1) is 0 Å². The van der Waals surface area contributed by atoms with Gasteiger partial charge in [0, 0.05) is 38.3 Å². The third kappa shape index (κ3) is 5.14. The zero-order chi connectivity index (χ0) is 17.0. The molecule has 1 N–H and O–H groups in total. The molecule has 1 aromatic rings. The number of hydrogen-bond acceptors (Lipinski definition) is 5. The fraction of sp³-hybridized carbons (Fsp3) is 0.625. The topological polar surface area (TPSA) is 61.6 Å². The van der Waals surface area contributed by atoms with Crippen molar-refractivity contribution in [3.63, 3.8) is 0 Å². The third-order valence-electron chi connectivity index (χ3n) is 4.28. The fourth-order valence-corrected chi connectivity index (χ4v) is 2.70. The van der Waals surface area contributed by atoms with Crippen LogP contribution in [0.4, 0.5) is 15.8 Å². The van der Waals surface area contributed by atoms with Crippen molar-refractivity contribution in [2.45, 2.75) is 25.8 Å². The monoisotopic (exact) mass is 324 g/mol. The van der Waals surface area contributed by atoms with Gasteiger partial charge in [0.25, 0.3) is 5.69 Å². The number of anilines is 1. The molecule has 0 radical (unpaired) electrons. The summed E-state index contributed by atoms with van der Waals surface area (Å²) in [6, 6.07) is 3.63. The molecule has 128 valence electrons. The summed E-state index contributed by atoms with van der Waals surface area (Å²) >= 11 is 0. The van der Waals surface area contributed by atoms with E-state index in [-0.39, 0.29) is 11.2 Å². The molecule has 0 bridgehead atoms. The lowest BCUT2D eigenvalue weighted by molar-refractivity contribution is -0.384. The molecule has 7 heteroatoms. The zero-order valence-corrected chi connectivity index (χ0v) is 14.0. The Morgan fingerprint density at radius 2 is 1.96 bits per heavy atom. The Balaban J connectivity index is 1.96. The van der Waals surface area contributed by atoms with Gasteiger partial charge in [0.2, 0.25) is 0 Å². The molecule has 1 saturated heterocycles. The van der Waals surface area contributed by atoms with Crippen LogP contribution in [0.1, 0.15) is 20.3 Å². The van der Waals surface area contributed by atoms with E-state index in [2.05, 4.69) is 22.2 Å². The van der Waals surface area contributed by atoms with Gasteiger partial charge in [0.15, 0.2) is 0 Å². The van der Waals surface area contributed by atoms with Crippen LogP contribution in [0.15, 0.2) is 18.2 Å². The van der Waals surface area contributed by atoms with E-state index in [0.29, 0.717) is 5.69 Å². The standard InChI is InChI=1S/C16H25FN4O2/c1-16(2,6-7-20-10-8-19(3)9-11-20)18-14-5-4-13(17)12-15(14)21(22)23/h4-5,12,18H,6-11H2,1-3H3. The molecular formula is C16H25FN4O2. The van der Waals surface area contributed by atoms with Crippen LogP contribution in [0, 0.1) is 15.9 Å². The molecule has 1 aromatic carbocycles. The highest BCUT2D eigenvalue weighted by atomic mass is 19.1. The van der Waals surface area contributed by atoms with Crippen molar-refractivity contribution in [2.24, 2.45) is 0 Å². The van der Waals surface area contributed by atoms with Crippen LogP contribution >= 0.6 is 0 Å². The molecule has 0 amide bonds. The summed E-state index contributed by atoms with van der Waals surface area (Å²) in [6.45, 7) is 9.18. The van der Waals surface area contributed by atoms with Crippen LogP contribution in [0.3, 0.4) is 0 Å². The first kappa shape index (κ1) is 17.6. The van der Waals surface area contributed by atoms with Crippen LogP contribution in [0.5, 0.6) is 0 Å². The Hall–Kier alpha value is -1.73. The second-order valence-corrected chi connectivity index (χ2v) is 6.82. The number of hydrogen-bond donors (Lipinski definition) is 1. The van der Waals surface area contributed by atoms with Gasteiger partial charge in [-0.1, -0.05) is 0 Å². The van der Waals surface area contributed by atoms with Crippen LogP contribution in [0.2, 0.25) is 0 Å². The van der Waals surface area contributed by atoms with E-state index in [0.717, 1.165) is 45.2 Å². The van der Waals surface area contributed by atoms with Crippen molar-refractivity contribution in [2.75, 3.05) is 45.1 Å². The largest absolute Gasteiger partial charge is 0.375 e. The second kappa shape index (κ2) is 7.23. The maximum Gasteiger partial charge on any atom is 0.295 e. The molecule has 0 unspecified atom stereocenters. The summed E-state index contributed by atoms with van der Waals surface area (Å²) in [4.78, 5) is 15.2. The van der Waals surface area contributed by atoms with E-state index in [4.69, 9.17) is 0 Å². The SMILES string of the molecule is CN1CCN(CCC(C)(C)Nc2ccc(F)cc2[N+](=O)[O-])CC1. The second-order valence-electron chi connectivity index (χ2n) is 6.82. The number of nitro groups is 1. The molecular weight excluding hydrogens is 299 g/mol. The normalized spacial score (nSPS) is 17.2. The lowest BCUT2D eigenvalue weighted by atomic mass is 9.99. The maximum absolute atomic E-state index is 13.2. The smallest absolute Gasteiger partial charge is 0.295 e. The molecule has 1 aliphatic rings. The van der Waals surface area contributed by atoms with Gasteiger partial charge < -0.3 is 15.1 Å². The van der Waals surface area contributed by atoms with Gasteiger partial charge in [0.1, 0.15) is 11.5 Å². The predicted octanol–water partition coefficient (Wildman–Crippen LogP) is 2.56. The average Bonchev–Trinajstić information content (AvgIpc) is 2.48. The minimum atomic E-state index is -0.600. The molecule has 0 atom stereocenters. The Labute approximate surface area is 136 Å². The predicted molar refractivity (Wildman–Crippen MR) is 89.3 cm³/mol. The fourth-order valence-electron chi connectivity index (χ4n) is 2.70. The highest BCUT2D eigenvalue weighted by molar-refractivity contribution is 5.62. The summed E-state index contributed by atoms with van der Waals surface area (Å²) < 4.78 is 13.2. The molecule has 1 fully saturated rings. The first-order valence-electron chi connectivity index (χ1n) is 7.90. The summed E-state index contributed by atoms with van der Waals surface area (Å²) in [6.07, 6.45) is 0.852. The van der Waals surface area contributed by atoms with E-state index in [1.54, 1.807) is 0 Å². The third-order valence-corrected chi connectivity index (χ3v) is 4.28. The molecule has 1 aliphatic heterocycles. The number of benzene rings is 1. The van der Waals surface area contributed by atoms with Crippen molar-refractivity contribution in [3.05, 3.63) is 34.1 Å². The number of piperazine rings is 1. The lowest BCUT2D eigenvalue weighted by Crippen LogP contribution is -2.46. The van der Waals surface area contributed by atoms with E-state index in [1.807, 2.05) is 13.8 Å². The van der Waals surface area contributed by atoms with Crippen LogP contribution < -0.4 is 5.32 Å². The zero-order valence-electron chi connectivity index (χ0n) is 14.0. The van der Waals surface area contributed by atoms with Crippen molar-refractivity contribution in [1.82, 2.24) is 9.80 Å². The Kier molecular flexibility index (Phi) is 5.54. The molecule has 0 saturated carbocycles. The number of halogens is 1. The van der Waals surface area contributed by atoms with Gasteiger partial charge in [0.05, 0.1) is 11.0 Å². The Bertz CT molecular complexity index is 557. The van der Waals surface area contributed by atoms with Gasteiger partial charge in [-0.25, -0.2) is 4.39 Å². The summed E-state index contributed by atoms with van der Waals surface area (Å²) in [5, 5.41) is 14.3. The Morgan fingerprint density at radius 3 is 2.57 bits per heavy atom. The Morgan fingerprint density at radius 1 is 1.30 bits per heavy atom. The highest BCUT2D eigenvalue weighted by Crippen LogP contribution is 2.29. The molecule has 0 aliphatic carbocycles. The van der Waals surface area contributed by atoms with Crippen LogP contribution in [-0.4, -0.2) is 60.0 Å². The number of rotatable bonds is 6. The minimum absolute atomic E-state index is 0.224. The summed E-state index contributed by atoms with van der Waals surface area (Å²) in [5.41, 5.74) is -0.177. The van der Waals surface area contributed by atoms with Crippen LogP contribution in [0.25, 0.3) is 0 Å². The molecule has 23 heavy (non-hydrogen) atoms. The van der Waals surface area contributed by atoms with Crippen molar-refractivity contribution in [1.29, 1.82) is 0 Å². The number of nitrogens with one attached hydrogen (secondary N) is 1. The van der Waals surface area contributed by atoms with E-state index in [1.165, 1.54) is 12.1 Å². The quantitative estimate of drug-likeness (QED) is 0.644. The first-order valence-corrected chi connectivity index (χ1v) is 7.90. The average molecular weight is 324 g/mol. The molecule has 1 heterocycles. The van der Waals surface area contributed by atoms with Crippen LogP contribution in [-0.2, 0) is 0 Å². The minimum Gasteiger partial charge on any atom is -0.375 e. The number of nitro benzene ring substituents is 1. The highest BCUT2D eigenvalue weighted by Gasteiger charge is 2.24. The lowest BCUT2D eigenvalue weighted by Gasteiger charge is -2.35.